The van der Waals surface area contributed by atoms with E-state index in [9.17, 15) is 9.59 Å². The second kappa shape index (κ2) is 6.40. The summed E-state index contributed by atoms with van der Waals surface area (Å²) in [7, 11) is 1.74. The molecule has 0 aliphatic carbocycles. The molecule has 0 saturated heterocycles. The monoisotopic (exact) mass is 183 g/mol. The number of carbonyl (C=O) groups is 2. The molecule has 0 radical (unpaired) electrons. The van der Waals surface area contributed by atoms with E-state index < -0.39 is 0 Å². The maximum absolute atomic E-state index is 11.2. The van der Waals surface area contributed by atoms with Crippen LogP contribution in [0.4, 0.5) is 0 Å². The standard InChI is InChI=1S/C10H17NO2/c1-4-6-9(12)7-8-10(13)11(3)5-2/h4,6H,5,7-8H2,1-3H3. The molecular formula is C10H17NO2. The minimum atomic E-state index is 0.0142. The lowest BCUT2D eigenvalue weighted by Gasteiger charge is -2.13. The van der Waals surface area contributed by atoms with E-state index in [0.717, 1.165) is 0 Å². The molecule has 0 saturated carbocycles. The van der Waals surface area contributed by atoms with Gasteiger partial charge in [0.05, 0.1) is 0 Å². The summed E-state index contributed by atoms with van der Waals surface area (Å²) < 4.78 is 0. The molecule has 74 valence electrons. The number of carbonyl (C=O) groups excluding carboxylic acids is 2. The van der Waals surface area contributed by atoms with Gasteiger partial charge in [0.2, 0.25) is 5.91 Å². The molecule has 3 heteroatoms. The fourth-order valence-corrected chi connectivity index (χ4v) is 0.867. The Labute approximate surface area is 79.4 Å². The van der Waals surface area contributed by atoms with Gasteiger partial charge in [0.15, 0.2) is 5.78 Å². The Kier molecular flexibility index (Phi) is 5.85. The Morgan fingerprint density at radius 2 is 1.92 bits per heavy atom. The van der Waals surface area contributed by atoms with Crippen LogP contribution in [0.3, 0.4) is 0 Å². The third-order valence-electron chi connectivity index (χ3n) is 1.84. The van der Waals surface area contributed by atoms with Crippen molar-refractivity contribution >= 4 is 11.7 Å². The predicted octanol–water partition coefficient (Wildman–Crippen LogP) is 1.39. The van der Waals surface area contributed by atoms with Crippen LogP contribution < -0.4 is 0 Å². The third-order valence-corrected chi connectivity index (χ3v) is 1.84. The molecule has 3 nitrogen and oxygen atoms in total. The van der Waals surface area contributed by atoms with E-state index in [-0.39, 0.29) is 11.7 Å². The zero-order valence-corrected chi connectivity index (χ0v) is 8.54. The second-order valence-electron chi connectivity index (χ2n) is 2.87. The molecule has 0 N–H and O–H groups in total. The Morgan fingerprint density at radius 1 is 1.31 bits per heavy atom. The molecule has 0 aliphatic rings. The number of hydrogen-bond donors (Lipinski definition) is 0. The zero-order valence-electron chi connectivity index (χ0n) is 8.54. The molecule has 0 fully saturated rings. The topological polar surface area (TPSA) is 37.4 Å². The van der Waals surface area contributed by atoms with Crippen LogP contribution >= 0.6 is 0 Å². The van der Waals surface area contributed by atoms with Gasteiger partial charge in [-0.2, -0.15) is 0 Å². The van der Waals surface area contributed by atoms with Crippen molar-refractivity contribution in [3.8, 4) is 0 Å². The van der Waals surface area contributed by atoms with Gasteiger partial charge in [0.1, 0.15) is 0 Å². The fourth-order valence-electron chi connectivity index (χ4n) is 0.867. The SMILES string of the molecule is CC=CC(=O)CCC(=O)N(C)CC. The van der Waals surface area contributed by atoms with E-state index in [1.807, 2.05) is 6.92 Å². The van der Waals surface area contributed by atoms with Crippen molar-refractivity contribution in [3.05, 3.63) is 12.2 Å². The van der Waals surface area contributed by atoms with E-state index in [2.05, 4.69) is 0 Å². The van der Waals surface area contributed by atoms with Gasteiger partial charge in [0, 0.05) is 26.4 Å². The van der Waals surface area contributed by atoms with Crippen molar-refractivity contribution in [2.24, 2.45) is 0 Å². The normalized spacial score (nSPS) is 10.4. The average Bonchev–Trinajstić information content (AvgIpc) is 2.13. The molecular weight excluding hydrogens is 166 g/mol. The smallest absolute Gasteiger partial charge is 0.222 e. The van der Waals surface area contributed by atoms with Crippen molar-refractivity contribution in [2.45, 2.75) is 26.7 Å². The lowest BCUT2D eigenvalue weighted by Crippen LogP contribution is -2.26. The number of rotatable bonds is 5. The van der Waals surface area contributed by atoms with Crippen LogP contribution in [0.5, 0.6) is 0 Å². The highest BCUT2D eigenvalue weighted by Gasteiger charge is 2.07. The summed E-state index contributed by atoms with van der Waals surface area (Å²) in [5.41, 5.74) is 0. The summed E-state index contributed by atoms with van der Waals surface area (Å²) in [6, 6.07) is 0. The van der Waals surface area contributed by atoms with Gasteiger partial charge in [-0.05, 0) is 19.9 Å². The third kappa shape index (κ3) is 5.17. The van der Waals surface area contributed by atoms with Crippen molar-refractivity contribution in [1.29, 1.82) is 0 Å². The van der Waals surface area contributed by atoms with Crippen LogP contribution in [-0.2, 0) is 9.59 Å². The molecule has 0 aromatic heterocycles. The van der Waals surface area contributed by atoms with Crippen LogP contribution in [0.25, 0.3) is 0 Å². The van der Waals surface area contributed by atoms with Gasteiger partial charge >= 0.3 is 0 Å². The van der Waals surface area contributed by atoms with Crippen LogP contribution in [0, 0.1) is 0 Å². The van der Waals surface area contributed by atoms with E-state index in [0.29, 0.717) is 19.4 Å². The lowest BCUT2D eigenvalue weighted by molar-refractivity contribution is -0.131. The Bertz CT molecular complexity index is 209. The van der Waals surface area contributed by atoms with Crippen molar-refractivity contribution < 1.29 is 9.59 Å². The first-order chi connectivity index (χ1) is 6.11. The number of hydrogen-bond acceptors (Lipinski definition) is 2. The van der Waals surface area contributed by atoms with Gasteiger partial charge in [-0.25, -0.2) is 0 Å². The predicted molar refractivity (Wildman–Crippen MR) is 52.4 cm³/mol. The molecule has 0 rings (SSSR count). The summed E-state index contributed by atoms with van der Waals surface area (Å²) in [6.45, 7) is 4.39. The highest BCUT2D eigenvalue weighted by molar-refractivity contribution is 5.92. The number of ketones is 1. The largest absolute Gasteiger partial charge is 0.346 e. The molecule has 0 aliphatic heterocycles. The minimum Gasteiger partial charge on any atom is -0.346 e. The van der Waals surface area contributed by atoms with E-state index in [1.54, 1.807) is 24.9 Å². The van der Waals surface area contributed by atoms with Gasteiger partial charge in [0.25, 0.3) is 0 Å². The minimum absolute atomic E-state index is 0.0142. The van der Waals surface area contributed by atoms with Gasteiger partial charge < -0.3 is 4.90 Å². The summed E-state index contributed by atoms with van der Waals surface area (Å²) >= 11 is 0. The average molecular weight is 183 g/mol. The maximum Gasteiger partial charge on any atom is 0.222 e. The maximum atomic E-state index is 11.2. The summed E-state index contributed by atoms with van der Waals surface area (Å²) in [5, 5.41) is 0. The zero-order chi connectivity index (χ0) is 10.3. The van der Waals surface area contributed by atoms with Crippen molar-refractivity contribution in [3.63, 3.8) is 0 Å². The Hall–Kier alpha value is -1.12. The molecule has 0 aromatic rings. The lowest BCUT2D eigenvalue weighted by atomic mass is 10.2. The summed E-state index contributed by atoms with van der Waals surface area (Å²) in [5.74, 6) is 0.0423. The Balaban J connectivity index is 3.76. The molecule has 0 spiro atoms. The first-order valence-electron chi connectivity index (χ1n) is 4.51. The van der Waals surface area contributed by atoms with Crippen LogP contribution in [0.2, 0.25) is 0 Å². The molecule has 13 heavy (non-hydrogen) atoms. The number of nitrogens with zero attached hydrogens (tertiary/aromatic N) is 1. The fraction of sp³-hybridized carbons (Fsp3) is 0.600. The van der Waals surface area contributed by atoms with E-state index >= 15 is 0 Å². The van der Waals surface area contributed by atoms with Crippen LogP contribution in [0.1, 0.15) is 26.7 Å². The van der Waals surface area contributed by atoms with Crippen molar-refractivity contribution in [2.75, 3.05) is 13.6 Å². The first-order valence-corrected chi connectivity index (χ1v) is 4.51. The highest BCUT2D eigenvalue weighted by Crippen LogP contribution is 1.97. The highest BCUT2D eigenvalue weighted by atomic mass is 16.2. The molecule has 0 bridgehead atoms. The van der Waals surface area contributed by atoms with Gasteiger partial charge in [-0.15, -0.1) is 0 Å². The van der Waals surface area contributed by atoms with Gasteiger partial charge in [-0.3, -0.25) is 9.59 Å². The molecule has 0 heterocycles. The van der Waals surface area contributed by atoms with E-state index in [1.165, 1.54) is 6.08 Å². The Morgan fingerprint density at radius 3 is 2.38 bits per heavy atom. The number of allylic oxidation sites excluding steroid dienone is 2. The second-order valence-corrected chi connectivity index (χ2v) is 2.87. The molecule has 1 amide bonds. The molecule has 0 unspecified atom stereocenters. The van der Waals surface area contributed by atoms with E-state index in [4.69, 9.17) is 0 Å². The number of amides is 1. The summed E-state index contributed by atoms with van der Waals surface area (Å²) in [4.78, 5) is 23.8. The molecule has 0 aromatic carbocycles. The van der Waals surface area contributed by atoms with Crippen LogP contribution in [0.15, 0.2) is 12.2 Å². The first kappa shape index (κ1) is 11.9. The summed E-state index contributed by atoms with van der Waals surface area (Å²) in [6.07, 6.45) is 3.82. The van der Waals surface area contributed by atoms with Crippen molar-refractivity contribution in [1.82, 2.24) is 4.90 Å². The van der Waals surface area contributed by atoms with Crippen LogP contribution in [-0.4, -0.2) is 30.2 Å². The van der Waals surface area contributed by atoms with Gasteiger partial charge in [-0.1, -0.05) is 6.08 Å². The molecule has 0 atom stereocenters. The quantitative estimate of drug-likeness (QED) is 0.604.